The fraction of sp³-hybridized carbons (Fsp3) is 0.667. The van der Waals surface area contributed by atoms with Crippen LogP contribution in [0.4, 0.5) is 5.69 Å². The third kappa shape index (κ3) is 5.33. The Morgan fingerprint density at radius 1 is 1.24 bits per heavy atom. The minimum Gasteiger partial charge on any atom is -0.376 e. The standard InChI is InChI=1S/C18H30N2O/c1-18(2,3)19-13-15-9-5-6-11-17(15)20(4)14-16-10-7-8-12-21-16/h5-6,9,11,16,19H,7-8,10,12-14H2,1-4H3. The van der Waals surface area contributed by atoms with Crippen molar-refractivity contribution in [1.29, 1.82) is 0 Å². The van der Waals surface area contributed by atoms with Crippen LogP contribution >= 0.6 is 0 Å². The summed E-state index contributed by atoms with van der Waals surface area (Å²) in [5.41, 5.74) is 2.80. The lowest BCUT2D eigenvalue weighted by Crippen LogP contribution is -2.36. The fourth-order valence-corrected chi connectivity index (χ4v) is 2.75. The maximum absolute atomic E-state index is 5.87. The van der Waals surface area contributed by atoms with Crippen molar-refractivity contribution in [3.05, 3.63) is 29.8 Å². The first-order valence-corrected chi connectivity index (χ1v) is 8.11. The molecule has 118 valence electrons. The number of anilines is 1. The molecule has 1 heterocycles. The molecule has 0 aromatic heterocycles. The van der Waals surface area contributed by atoms with Gasteiger partial charge in [0.1, 0.15) is 0 Å². The van der Waals surface area contributed by atoms with Gasteiger partial charge in [0.05, 0.1) is 6.10 Å². The molecule has 3 heteroatoms. The minimum absolute atomic E-state index is 0.137. The zero-order valence-electron chi connectivity index (χ0n) is 14.0. The van der Waals surface area contributed by atoms with Gasteiger partial charge in [-0.05, 0) is 51.7 Å². The third-order valence-electron chi connectivity index (χ3n) is 3.96. The summed E-state index contributed by atoms with van der Waals surface area (Å²) in [4.78, 5) is 2.34. The summed E-state index contributed by atoms with van der Waals surface area (Å²) in [5.74, 6) is 0. The SMILES string of the molecule is CN(CC1CCCCO1)c1ccccc1CNC(C)(C)C. The van der Waals surface area contributed by atoms with Crippen LogP contribution in [0.1, 0.15) is 45.6 Å². The first-order valence-electron chi connectivity index (χ1n) is 8.11. The molecule has 1 aliphatic rings. The summed E-state index contributed by atoms with van der Waals surface area (Å²) in [6.07, 6.45) is 4.08. The molecule has 1 N–H and O–H groups in total. The summed E-state index contributed by atoms with van der Waals surface area (Å²) in [6.45, 7) is 9.41. The van der Waals surface area contributed by atoms with E-state index >= 15 is 0 Å². The molecule has 2 rings (SSSR count). The second kappa shape index (κ2) is 7.28. The minimum atomic E-state index is 0.137. The van der Waals surface area contributed by atoms with Crippen molar-refractivity contribution in [2.75, 3.05) is 25.1 Å². The lowest BCUT2D eigenvalue weighted by atomic mass is 10.1. The maximum atomic E-state index is 5.87. The van der Waals surface area contributed by atoms with E-state index in [0.29, 0.717) is 6.10 Å². The van der Waals surface area contributed by atoms with E-state index in [-0.39, 0.29) is 5.54 Å². The van der Waals surface area contributed by atoms with E-state index in [1.165, 1.54) is 30.5 Å². The average Bonchev–Trinajstić information content (AvgIpc) is 2.46. The van der Waals surface area contributed by atoms with Crippen molar-refractivity contribution < 1.29 is 4.74 Å². The molecule has 1 aromatic carbocycles. The molecule has 1 fully saturated rings. The summed E-state index contributed by atoms with van der Waals surface area (Å²) in [5, 5.41) is 3.58. The zero-order chi connectivity index (χ0) is 15.3. The Morgan fingerprint density at radius 2 is 2.00 bits per heavy atom. The first kappa shape index (κ1) is 16.3. The van der Waals surface area contributed by atoms with Gasteiger partial charge in [0.2, 0.25) is 0 Å². The van der Waals surface area contributed by atoms with E-state index in [1.54, 1.807) is 0 Å². The highest BCUT2D eigenvalue weighted by molar-refractivity contribution is 5.53. The predicted molar refractivity (Wildman–Crippen MR) is 89.9 cm³/mol. The van der Waals surface area contributed by atoms with E-state index < -0.39 is 0 Å². The van der Waals surface area contributed by atoms with Gasteiger partial charge < -0.3 is 15.0 Å². The second-order valence-corrected chi connectivity index (χ2v) is 7.10. The molecular formula is C18H30N2O. The number of hydrogen-bond donors (Lipinski definition) is 1. The molecule has 1 saturated heterocycles. The van der Waals surface area contributed by atoms with Crippen LogP contribution in [-0.4, -0.2) is 31.8 Å². The molecular weight excluding hydrogens is 260 g/mol. The van der Waals surface area contributed by atoms with Crippen LogP contribution in [0.2, 0.25) is 0 Å². The Morgan fingerprint density at radius 3 is 2.67 bits per heavy atom. The molecule has 0 aliphatic carbocycles. The van der Waals surface area contributed by atoms with E-state index in [9.17, 15) is 0 Å². The van der Waals surface area contributed by atoms with Crippen LogP contribution in [0.3, 0.4) is 0 Å². The molecule has 1 aliphatic heterocycles. The monoisotopic (exact) mass is 290 g/mol. The number of para-hydroxylation sites is 1. The van der Waals surface area contributed by atoms with Crippen LogP contribution in [0.25, 0.3) is 0 Å². The molecule has 3 nitrogen and oxygen atoms in total. The highest BCUT2D eigenvalue weighted by atomic mass is 16.5. The number of rotatable bonds is 5. The van der Waals surface area contributed by atoms with Crippen molar-refractivity contribution >= 4 is 5.69 Å². The molecule has 1 atom stereocenters. The molecule has 0 spiro atoms. The summed E-state index contributed by atoms with van der Waals surface area (Å²) < 4.78 is 5.87. The Kier molecular flexibility index (Phi) is 5.65. The molecule has 0 bridgehead atoms. The van der Waals surface area contributed by atoms with Crippen molar-refractivity contribution in [2.45, 2.75) is 58.2 Å². The Balaban J connectivity index is 2.00. The van der Waals surface area contributed by atoms with Gasteiger partial charge in [-0.3, -0.25) is 0 Å². The van der Waals surface area contributed by atoms with Gasteiger partial charge in [-0.1, -0.05) is 18.2 Å². The number of likely N-dealkylation sites (N-methyl/N-ethyl adjacent to an activating group) is 1. The summed E-state index contributed by atoms with van der Waals surface area (Å²) in [6, 6.07) is 8.66. The third-order valence-corrected chi connectivity index (χ3v) is 3.96. The average molecular weight is 290 g/mol. The lowest BCUT2D eigenvalue weighted by molar-refractivity contribution is 0.0216. The molecule has 21 heavy (non-hydrogen) atoms. The van der Waals surface area contributed by atoms with E-state index in [2.05, 4.69) is 62.3 Å². The Labute approximate surface area is 129 Å². The van der Waals surface area contributed by atoms with Gasteiger partial charge in [-0.25, -0.2) is 0 Å². The topological polar surface area (TPSA) is 24.5 Å². The molecule has 0 radical (unpaired) electrons. The van der Waals surface area contributed by atoms with Gasteiger partial charge in [-0.15, -0.1) is 0 Å². The highest BCUT2D eigenvalue weighted by Crippen LogP contribution is 2.22. The summed E-state index contributed by atoms with van der Waals surface area (Å²) in [7, 11) is 2.17. The van der Waals surface area contributed by atoms with Gasteiger partial charge in [0.15, 0.2) is 0 Å². The molecule has 1 aromatic rings. The predicted octanol–water partition coefficient (Wildman–Crippen LogP) is 3.58. The maximum Gasteiger partial charge on any atom is 0.0749 e. The van der Waals surface area contributed by atoms with Crippen LogP contribution in [0.5, 0.6) is 0 Å². The van der Waals surface area contributed by atoms with Crippen molar-refractivity contribution in [2.24, 2.45) is 0 Å². The quantitative estimate of drug-likeness (QED) is 0.897. The second-order valence-electron chi connectivity index (χ2n) is 7.10. The molecule has 0 saturated carbocycles. The lowest BCUT2D eigenvalue weighted by Gasteiger charge is -2.30. The van der Waals surface area contributed by atoms with E-state index in [0.717, 1.165) is 19.7 Å². The Bertz CT molecular complexity index is 433. The number of hydrogen-bond acceptors (Lipinski definition) is 3. The smallest absolute Gasteiger partial charge is 0.0749 e. The summed E-state index contributed by atoms with van der Waals surface area (Å²) >= 11 is 0. The largest absolute Gasteiger partial charge is 0.376 e. The molecule has 0 amide bonds. The van der Waals surface area contributed by atoms with Crippen molar-refractivity contribution in [3.63, 3.8) is 0 Å². The van der Waals surface area contributed by atoms with Gasteiger partial charge in [-0.2, -0.15) is 0 Å². The van der Waals surface area contributed by atoms with Crippen molar-refractivity contribution in [1.82, 2.24) is 5.32 Å². The zero-order valence-corrected chi connectivity index (χ0v) is 14.0. The number of nitrogens with one attached hydrogen (secondary N) is 1. The fourth-order valence-electron chi connectivity index (χ4n) is 2.75. The Hall–Kier alpha value is -1.06. The van der Waals surface area contributed by atoms with E-state index in [4.69, 9.17) is 4.74 Å². The molecule has 1 unspecified atom stereocenters. The van der Waals surface area contributed by atoms with Gasteiger partial charge in [0, 0.05) is 38.0 Å². The number of ether oxygens (including phenoxy) is 1. The van der Waals surface area contributed by atoms with Gasteiger partial charge >= 0.3 is 0 Å². The first-order chi connectivity index (χ1) is 9.96. The number of benzene rings is 1. The van der Waals surface area contributed by atoms with Crippen LogP contribution in [0.15, 0.2) is 24.3 Å². The highest BCUT2D eigenvalue weighted by Gasteiger charge is 2.18. The van der Waals surface area contributed by atoms with Crippen molar-refractivity contribution in [3.8, 4) is 0 Å². The van der Waals surface area contributed by atoms with Gasteiger partial charge in [0.25, 0.3) is 0 Å². The van der Waals surface area contributed by atoms with E-state index in [1.807, 2.05) is 0 Å². The van der Waals surface area contributed by atoms with Crippen LogP contribution in [-0.2, 0) is 11.3 Å². The number of nitrogens with zero attached hydrogens (tertiary/aromatic N) is 1. The van der Waals surface area contributed by atoms with Crippen LogP contribution < -0.4 is 10.2 Å². The normalized spacial score (nSPS) is 19.5. The van der Waals surface area contributed by atoms with Crippen LogP contribution in [0, 0.1) is 0 Å².